The molecule has 0 aliphatic carbocycles. The maximum Gasteiger partial charge on any atom is 0.0704 e. The molecule has 0 fully saturated rings. The molecule has 4 rings (SSSR count). The normalized spacial score (nSPS) is 11.0. The Kier molecular flexibility index (Phi) is 5.62. The second kappa shape index (κ2) is 8.09. The number of rotatable bonds is 2. The van der Waals surface area contributed by atoms with Gasteiger partial charge in [0, 0.05) is 23.2 Å². The summed E-state index contributed by atoms with van der Waals surface area (Å²) in [5.74, 6) is 1.13. The van der Waals surface area contributed by atoms with E-state index < -0.39 is 0 Å². The first-order valence-electron chi connectivity index (χ1n) is 9.25. The summed E-state index contributed by atoms with van der Waals surface area (Å²) < 4.78 is 0. The molecule has 0 bridgehead atoms. The molecule has 2 aromatic carbocycles. The average Bonchev–Trinajstić information content (AvgIpc) is 2.67. The number of para-hydroxylation sites is 1. The van der Waals surface area contributed by atoms with Gasteiger partial charge in [-0.05, 0) is 47.2 Å². The zero-order chi connectivity index (χ0) is 18.5. The van der Waals surface area contributed by atoms with Gasteiger partial charge in [-0.1, -0.05) is 64.1 Å². The van der Waals surface area contributed by atoms with Gasteiger partial charge in [-0.2, -0.15) is 0 Å². The van der Waals surface area contributed by atoms with Gasteiger partial charge in [0.2, 0.25) is 0 Å². The third kappa shape index (κ3) is 3.91. The molecule has 0 N–H and O–H groups in total. The van der Waals surface area contributed by atoms with E-state index in [9.17, 15) is 0 Å². The van der Waals surface area contributed by atoms with E-state index in [4.69, 9.17) is 0 Å². The standard InChI is InChI=1S/2C12H13N/c1-9(2)10-5-3-7-12-11(10)6-4-8-13-12;1-9(2)10-7-8-13-12-6-4-3-5-11(10)12/h2*3-9H,1-2H3. The second-order valence-electron chi connectivity index (χ2n) is 7.14. The molecule has 0 saturated heterocycles. The molecule has 0 radical (unpaired) electrons. The summed E-state index contributed by atoms with van der Waals surface area (Å²) >= 11 is 0. The van der Waals surface area contributed by atoms with Gasteiger partial charge in [-0.3, -0.25) is 9.97 Å². The van der Waals surface area contributed by atoms with Crippen molar-refractivity contribution in [2.24, 2.45) is 0 Å². The van der Waals surface area contributed by atoms with Crippen molar-refractivity contribution >= 4 is 21.8 Å². The molecule has 2 nitrogen and oxygen atoms in total. The van der Waals surface area contributed by atoms with Crippen LogP contribution in [0, 0.1) is 0 Å². The molecular weight excluding hydrogens is 316 g/mol. The number of hydrogen-bond acceptors (Lipinski definition) is 2. The molecule has 26 heavy (non-hydrogen) atoms. The molecule has 0 aliphatic heterocycles. The molecular formula is C24H26N2. The van der Waals surface area contributed by atoms with Crippen molar-refractivity contribution in [1.29, 1.82) is 0 Å². The highest BCUT2D eigenvalue weighted by molar-refractivity contribution is 5.83. The fourth-order valence-electron chi connectivity index (χ4n) is 3.25. The predicted molar refractivity (Wildman–Crippen MR) is 112 cm³/mol. The molecule has 0 unspecified atom stereocenters. The second-order valence-corrected chi connectivity index (χ2v) is 7.14. The third-order valence-corrected chi connectivity index (χ3v) is 4.61. The Balaban J connectivity index is 0.000000151. The van der Waals surface area contributed by atoms with Crippen molar-refractivity contribution in [3.63, 3.8) is 0 Å². The Morgan fingerprint density at radius 1 is 0.538 bits per heavy atom. The van der Waals surface area contributed by atoms with Crippen LogP contribution in [0.15, 0.2) is 73.1 Å². The van der Waals surface area contributed by atoms with Crippen molar-refractivity contribution in [3.8, 4) is 0 Å². The molecule has 2 heterocycles. The smallest absolute Gasteiger partial charge is 0.0704 e. The first kappa shape index (κ1) is 18.1. The molecule has 0 spiro atoms. The minimum absolute atomic E-state index is 0.563. The Bertz CT molecular complexity index is 909. The SMILES string of the molecule is CC(C)c1cccc2ncccc12.CC(C)c1ccnc2ccccc12. The number of fused-ring (bicyclic) bond motifs is 2. The van der Waals surface area contributed by atoms with Crippen LogP contribution in [0.25, 0.3) is 21.8 Å². The van der Waals surface area contributed by atoms with Gasteiger partial charge in [0.05, 0.1) is 11.0 Å². The number of hydrogen-bond donors (Lipinski definition) is 0. The average molecular weight is 342 g/mol. The predicted octanol–water partition coefficient (Wildman–Crippen LogP) is 6.72. The van der Waals surface area contributed by atoms with E-state index in [2.05, 4.69) is 86.2 Å². The summed E-state index contributed by atoms with van der Waals surface area (Å²) in [6.07, 6.45) is 3.73. The summed E-state index contributed by atoms with van der Waals surface area (Å²) in [7, 11) is 0. The van der Waals surface area contributed by atoms with Crippen LogP contribution < -0.4 is 0 Å². The van der Waals surface area contributed by atoms with Crippen LogP contribution in [0.3, 0.4) is 0 Å². The number of nitrogens with zero attached hydrogens (tertiary/aromatic N) is 2. The van der Waals surface area contributed by atoms with Gasteiger partial charge in [0.15, 0.2) is 0 Å². The first-order valence-corrected chi connectivity index (χ1v) is 9.25. The van der Waals surface area contributed by atoms with Crippen LogP contribution in [0.4, 0.5) is 0 Å². The van der Waals surface area contributed by atoms with Gasteiger partial charge in [-0.15, -0.1) is 0 Å². The molecule has 132 valence electrons. The Labute approximate surface area is 155 Å². The number of aromatic nitrogens is 2. The summed E-state index contributed by atoms with van der Waals surface area (Å²) in [5, 5.41) is 2.56. The van der Waals surface area contributed by atoms with Gasteiger partial charge < -0.3 is 0 Å². The highest BCUT2D eigenvalue weighted by Gasteiger charge is 2.04. The van der Waals surface area contributed by atoms with E-state index in [0.717, 1.165) is 11.0 Å². The number of pyridine rings is 2. The van der Waals surface area contributed by atoms with Crippen molar-refractivity contribution in [3.05, 3.63) is 84.2 Å². The fraction of sp³-hybridized carbons (Fsp3) is 0.250. The first-order chi connectivity index (χ1) is 12.6. The van der Waals surface area contributed by atoms with Gasteiger partial charge in [0.25, 0.3) is 0 Å². The summed E-state index contributed by atoms with van der Waals surface area (Å²) in [6.45, 7) is 8.84. The molecule has 2 heteroatoms. The lowest BCUT2D eigenvalue weighted by Crippen LogP contribution is -1.90. The van der Waals surface area contributed by atoms with Gasteiger partial charge >= 0.3 is 0 Å². The molecule has 0 aliphatic rings. The quantitative estimate of drug-likeness (QED) is 0.404. The van der Waals surface area contributed by atoms with Crippen molar-refractivity contribution in [1.82, 2.24) is 9.97 Å². The van der Waals surface area contributed by atoms with Gasteiger partial charge in [0.1, 0.15) is 0 Å². The minimum Gasteiger partial charge on any atom is -0.256 e. The van der Waals surface area contributed by atoms with Crippen LogP contribution in [-0.4, -0.2) is 9.97 Å². The maximum atomic E-state index is 4.32. The lowest BCUT2D eigenvalue weighted by atomic mass is 9.98. The minimum atomic E-state index is 0.563. The third-order valence-electron chi connectivity index (χ3n) is 4.61. The lowest BCUT2D eigenvalue weighted by molar-refractivity contribution is 0.874. The topological polar surface area (TPSA) is 25.8 Å². The Morgan fingerprint density at radius 2 is 1.08 bits per heavy atom. The summed E-state index contributed by atoms with van der Waals surface area (Å²) in [6, 6.07) is 20.8. The van der Waals surface area contributed by atoms with E-state index in [1.54, 1.807) is 0 Å². The van der Waals surface area contributed by atoms with E-state index in [0.29, 0.717) is 11.8 Å². The van der Waals surface area contributed by atoms with E-state index in [1.165, 1.54) is 21.9 Å². The van der Waals surface area contributed by atoms with Crippen molar-refractivity contribution in [2.75, 3.05) is 0 Å². The van der Waals surface area contributed by atoms with E-state index in [-0.39, 0.29) is 0 Å². The fourth-order valence-corrected chi connectivity index (χ4v) is 3.25. The lowest BCUT2D eigenvalue weighted by Gasteiger charge is -2.08. The van der Waals surface area contributed by atoms with Crippen molar-refractivity contribution in [2.45, 2.75) is 39.5 Å². The van der Waals surface area contributed by atoms with Crippen molar-refractivity contribution < 1.29 is 0 Å². The van der Waals surface area contributed by atoms with Crippen LogP contribution >= 0.6 is 0 Å². The maximum absolute atomic E-state index is 4.32. The van der Waals surface area contributed by atoms with E-state index >= 15 is 0 Å². The summed E-state index contributed by atoms with van der Waals surface area (Å²) in [5.41, 5.74) is 4.94. The molecule has 4 aromatic rings. The van der Waals surface area contributed by atoms with Crippen LogP contribution in [0.5, 0.6) is 0 Å². The van der Waals surface area contributed by atoms with Crippen LogP contribution in [0.2, 0.25) is 0 Å². The zero-order valence-corrected chi connectivity index (χ0v) is 16.0. The molecule has 0 saturated carbocycles. The highest BCUT2D eigenvalue weighted by Crippen LogP contribution is 2.24. The monoisotopic (exact) mass is 342 g/mol. The van der Waals surface area contributed by atoms with E-state index in [1.807, 2.05) is 24.5 Å². The highest BCUT2D eigenvalue weighted by atomic mass is 14.6. The molecule has 2 aromatic heterocycles. The molecule has 0 atom stereocenters. The van der Waals surface area contributed by atoms with Crippen LogP contribution in [-0.2, 0) is 0 Å². The van der Waals surface area contributed by atoms with Gasteiger partial charge in [-0.25, -0.2) is 0 Å². The molecule has 0 amide bonds. The summed E-state index contributed by atoms with van der Waals surface area (Å²) in [4.78, 5) is 8.65. The zero-order valence-electron chi connectivity index (χ0n) is 16.0. The van der Waals surface area contributed by atoms with Crippen LogP contribution in [0.1, 0.15) is 50.7 Å². The Morgan fingerprint density at radius 3 is 1.77 bits per heavy atom. The Hall–Kier alpha value is -2.74. The number of benzene rings is 2. The largest absolute Gasteiger partial charge is 0.256 e.